The molecule has 0 spiro atoms. The lowest BCUT2D eigenvalue weighted by Crippen LogP contribution is -2.35. The third-order valence-electron chi connectivity index (χ3n) is 2.85. The lowest BCUT2D eigenvalue weighted by molar-refractivity contribution is -0.128. The molecule has 2 heteroatoms. The minimum atomic E-state index is 0.109. The van der Waals surface area contributed by atoms with Gasteiger partial charge < -0.3 is 4.90 Å². The van der Waals surface area contributed by atoms with Crippen LogP contribution in [0.1, 0.15) is 20.3 Å². The van der Waals surface area contributed by atoms with Crippen LogP contribution in [-0.2, 0) is 4.79 Å². The first-order valence-corrected chi connectivity index (χ1v) is 5.34. The van der Waals surface area contributed by atoms with E-state index in [1.807, 2.05) is 17.9 Å². The molecule has 1 rings (SSSR count). The maximum atomic E-state index is 11.7. The van der Waals surface area contributed by atoms with Crippen molar-refractivity contribution < 1.29 is 4.79 Å². The zero-order valence-electron chi connectivity index (χ0n) is 9.57. The van der Waals surface area contributed by atoms with Crippen LogP contribution in [0.3, 0.4) is 0 Å². The molecule has 82 valence electrons. The second kappa shape index (κ2) is 4.96. The fraction of sp³-hybridized carbons (Fsp3) is 0.462. The number of hydrogen-bond donors (Lipinski definition) is 0. The minimum Gasteiger partial charge on any atom is -0.336 e. The SMILES string of the molecule is C=C/C=C(\C=C)C(C)N1CC(C)CC1=O. The fourth-order valence-corrected chi connectivity index (χ4v) is 1.99. The third kappa shape index (κ3) is 2.58. The summed E-state index contributed by atoms with van der Waals surface area (Å²) < 4.78 is 0. The first-order valence-electron chi connectivity index (χ1n) is 5.34. The van der Waals surface area contributed by atoms with Gasteiger partial charge in [0, 0.05) is 13.0 Å². The van der Waals surface area contributed by atoms with E-state index in [0.29, 0.717) is 12.3 Å². The quantitative estimate of drug-likeness (QED) is 0.646. The predicted molar refractivity (Wildman–Crippen MR) is 63.4 cm³/mol. The Morgan fingerprint density at radius 2 is 2.27 bits per heavy atom. The van der Waals surface area contributed by atoms with Crippen molar-refractivity contribution in [3.8, 4) is 0 Å². The van der Waals surface area contributed by atoms with Gasteiger partial charge in [0.1, 0.15) is 0 Å². The minimum absolute atomic E-state index is 0.109. The first kappa shape index (κ1) is 11.8. The monoisotopic (exact) mass is 205 g/mol. The molecule has 0 N–H and O–H groups in total. The van der Waals surface area contributed by atoms with Crippen molar-refractivity contribution in [2.24, 2.45) is 5.92 Å². The van der Waals surface area contributed by atoms with Gasteiger partial charge in [0.2, 0.25) is 5.91 Å². The van der Waals surface area contributed by atoms with Gasteiger partial charge in [0.15, 0.2) is 0 Å². The molecule has 0 aromatic heterocycles. The smallest absolute Gasteiger partial charge is 0.223 e. The summed E-state index contributed by atoms with van der Waals surface area (Å²) in [5.74, 6) is 0.710. The highest BCUT2D eigenvalue weighted by Gasteiger charge is 2.30. The maximum Gasteiger partial charge on any atom is 0.223 e. The summed E-state index contributed by atoms with van der Waals surface area (Å²) in [5.41, 5.74) is 1.05. The van der Waals surface area contributed by atoms with E-state index in [1.54, 1.807) is 12.2 Å². The van der Waals surface area contributed by atoms with Crippen LogP contribution in [0.5, 0.6) is 0 Å². The molecule has 0 saturated carbocycles. The van der Waals surface area contributed by atoms with E-state index in [4.69, 9.17) is 0 Å². The topological polar surface area (TPSA) is 20.3 Å². The van der Waals surface area contributed by atoms with Crippen molar-refractivity contribution in [3.05, 3.63) is 37.0 Å². The molecule has 1 heterocycles. The van der Waals surface area contributed by atoms with Gasteiger partial charge in [0.05, 0.1) is 6.04 Å². The summed E-state index contributed by atoms with van der Waals surface area (Å²) in [7, 11) is 0. The number of carbonyl (C=O) groups is 1. The van der Waals surface area contributed by atoms with Crippen LogP contribution in [0.25, 0.3) is 0 Å². The van der Waals surface area contributed by atoms with Crippen LogP contribution >= 0.6 is 0 Å². The van der Waals surface area contributed by atoms with Crippen molar-refractivity contribution in [1.29, 1.82) is 0 Å². The summed E-state index contributed by atoms with van der Waals surface area (Å²) in [6.45, 7) is 12.4. The summed E-state index contributed by atoms with van der Waals surface area (Å²) in [6.07, 6.45) is 6.11. The first-order chi connectivity index (χ1) is 7.10. The van der Waals surface area contributed by atoms with Crippen molar-refractivity contribution in [1.82, 2.24) is 4.90 Å². The van der Waals surface area contributed by atoms with E-state index in [0.717, 1.165) is 12.1 Å². The second-order valence-electron chi connectivity index (χ2n) is 4.14. The zero-order chi connectivity index (χ0) is 11.4. The van der Waals surface area contributed by atoms with E-state index >= 15 is 0 Å². The molecule has 1 fully saturated rings. The largest absolute Gasteiger partial charge is 0.336 e. The Hall–Kier alpha value is -1.31. The van der Waals surface area contributed by atoms with Crippen LogP contribution in [0.15, 0.2) is 37.0 Å². The molecule has 0 aromatic rings. The van der Waals surface area contributed by atoms with E-state index in [1.165, 1.54) is 0 Å². The van der Waals surface area contributed by atoms with Crippen LogP contribution in [-0.4, -0.2) is 23.4 Å². The number of likely N-dealkylation sites (tertiary alicyclic amines) is 1. The molecule has 2 unspecified atom stereocenters. The highest BCUT2D eigenvalue weighted by Crippen LogP contribution is 2.23. The van der Waals surface area contributed by atoms with Crippen molar-refractivity contribution in [2.75, 3.05) is 6.54 Å². The van der Waals surface area contributed by atoms with Gasteiger partial charge in [-0.1, -0.05) is 38.3 Å². The lowest BCUT2D eigenvalue weighted by Gasteiger charge is -2.25. The Morgan fingerprint density at radius 3 is 2.67 bits per heavy atom. The van der Waals surface area contributed by atoms with Gasteiger partial charge >= 0.3 is 0 Å². The average Bonchev–Trinajstić information content (AvgIpc) is 2.53. The number of allylic oxidation sites excluding steroid dienone is 2. The number of amides is 1. The summed E-state index contributed by atoms with van der Waals surface area (Å²) in [5, 5.41) is 0. The van der Waals surface area contributed by atoms with Crippen LogP contribution in [0.2, 0.25) is 0 Å². The number of rotatable bonds is 4. The van der Waals surface area contributed by atoms with E-state index in [9.17, 15) is 4.79 Å². The van der Waals surface area contributed by atoms with Gasteiger partial charge in [-0.2, -0.15) is 0 Å². The highest BCUT2D eigenvalue weighted by atomic mass is 16.2. The zero-order valence-corrected chi connectivity index (χ0v) is 9.57. The molecule has 1 aliphatic heterocycles. The van der Waals surface area contributed by atoms with Crippen LogP contribution in [0.4, 0.5) is 0 Å². The molecule has 1 aliphatic rings. The molecule has 2 atom stereocenters. The Kier molecular flexibility index (Phi) is 3.89. The molecule has 2 nitrogen and oxygen atoms in total. The van der Waals surface area contributed by atoms with Crippen molar-refractivity contribution in [2.45, 2.75) is 26.3 Å². The number of hydrogen-bond acceptors (Lipinski definition) is 1. The second-order valence-corrected chi connectivity index (χ2v) is 4.14. The van der Waals surface area contributed by atoms with Gasteiger partial charge in [-0.05, 0) is 18.4 Å². The number of carbonyl (C=O) groups excluding carboxylic acids is 1. The normalized spacial score (nSPS) is 24.1. The third-order valence-corrected chi connectivity index (χ3v) is 2.85. The summed E-state index contributed by atoms with van der Waals surface area (Å²) in [6, 6.07) is 0.109. The Morgan fingerprint density at radius 1 is 1.60 bits per heavy atom. The summed E-state index contributed by atoms with van der Waals surface area (Å²) in [4.78, 5) is 13.6. The average molecular weight is 205 g/mol. The Labute approximate surface area is 92.0 Å². The molecule has 15 heavy (non-hydrogen) atoms. The highest BCUT2D eigenvalue weighted by molar-refractivity contribution is 5.79. The molecule has 1 saturated heterocycles. The van der Waals surface area contributed by atoms with Crippen LogP contribution < -0.4 is 0 Å². The maximum absolute atomic E-state index is 11.7. The lowest BCUT2D eigenvalue weighted by atomic mass is 10.1. The molecular formula is C13H19NO. The molecule has 1 amide bonds. The van der Waals surface area contributed by atoms with E-state index < -0.39 is 0 Å². The van der Waals surface area contributed by atoms with Crippen molar-refractivity contribution >= 4 is 5.91 Å². The van der Waals surface area contributed by atoms with Gasteiger partial charge in [0.25, 0.3) is 0 Å². The molecule has 0 aromatic carbocycles. The standard InChI is InChI=1S/C13H19NO/c1-5-7-12(6-2)11(4)14-9-10(3)8-13(14)15/h5-7,10-11H,1-2,8-9H2,3-4H3/b12-7+. The number of nitrogens with zero attached hydrogens (tertiary/aromatic N) is 1. The molecule has 0 radical (unpaired) electrons. The molecule has 0 bridgehead atoms. The van der Waals surface area contributed by atoms with E-state index in [2.05, 4.69) is 20.1 Å². The summed E-state index contributed by atoms with van der Waals surface area (Å²) >= 11 is 0. The predicted octanol–water partition coefficient (Wildman–Crippen LogP) is 2.54. The van der Waals surface area contributed by atoms with Gasteiger partial charge in [-0.25, -0.2) is 0 Å². The van der Waals surface area contributed by atoms with Gasteiger partial charge in [-0.3, -0.25) is 4.79 Å². The molecular weight excluding hydrogens is 186 g/mol. The van der Waals surface area contributed by atoms with E-state index in [-0.39, 0.29) is 11.9 Å². The van der Waals surface area contributed by atoms with Crippen LogP contribution in [0, 0.1) is 5.92 Å². The Bertz CT molecular complexity index is 304. The Balaban J connectivity index is 2.79. The fourth-order valence-electron chi connectivity index (χ4n) is 1.99. The van der Waals surface area contributed by atoms with Crippen molar-refractivity contribution in [3.63, 3.8) is 0 Å². The van der Waals surface area contributed by atoms with Gasteiger partial charge in [-0.15, -0.1) is 0 Å². The molecule has 0 aliphatic carbocycles.